The Hall–Kier alpha value is -2.61. The molecule has 0 amide bonds. The molecule has 0 aliphatic heterocycles. The highest BCUT2D eigenvalue weighted by atomic mass is 35.5. The highest BCUT2D eigenvalue weighted by Gasteiger charge is 2.27. The van der Waals surface area contributed by atoms with Crippen LogP contribution in [0.3, 0.4) is 0 Å². The second-order valence-corrected chi connectivity index (χ2v) is 8.83. The Morgan fingerprint density at radius 1 is 0.968 bits per heavy atom. The number of hydrogen-bond donors (Lipinski definition) is 1. The molecule has 0 radical (unpaired) electrons. The van der Waals surface area contributed by atoms with Crippen LogP contribution in [-0.4, -0.2) is 27.6 Å². The van der Waals surface area contributed by atoms with Gasteiger partial charge in [-0.1, -0.05) is 54.1 Å². The number of hydrogen-bond acceptors (Lipinski definition) is 5. The molecule has 1 N–H and O–H groups in total. The highest BCUT2D eigenvalue weighted by Crippen LogP contribution is 2.33. The van der Waals surface area contributed by atoms with Gasteiger partial charge < -0.3 is 9.47 Å². The summed E-state index contributed by atoms with van der Waals surface area (Å²) in [5, 5.41) is 1.57. The van der Waals surface area contributed by atoms with E-state index in [-0.39, 0.29) is 17.9 Å². The fourth-order valence-corrected chi connectivity index (χ4v) is 5.06. The summed E-state index contributed by atoms with van der Waals surface area (Å²) in [4.78, 5) is 12.3. The van der Waals surface area contributed by atoms with Crippen molar-refractivity contribution in [1.29, 1.82) is 0 Å². The summed E-state index contributed by atoms with van der Waals surface area (Å²) in [6.45, 7) is 4.22. The van der Waals surface area contributed by atoms with E-state index in [9.17, 15) is 13.2 Å². The summed E-state index contributed by atoms with van der Waals surface area (Å²) in [5.41, 5.74) is 0.496. The van der Waals surface area contributed by atoms with Crippen molar-refractivity contribution in [2.24, 2.45) is 0 Å². The van der Waals surface area contributed by atoms with E-state index in [1.54, 1.807) is 49.4 Å². The van der Waals surface area contributed by atoms with E-state index < -0.39 is 22.0 Å². The Morgan fingerprint density at radius 2 is 1.65 bits per heavy atom. The average molecular weight is 462 g/mol. The summed E-state index contributed by atoms with van der Waals surface area (Å²) in [7, 11) is -4.02. The van der Waals surface area contributed by atoms with Crippen LogP contribution < -0.4 is 9.46 Å². The first kappa shape index (κ1) is 23.1. The molecule has 31 heavy (non-hydrogen) atoms. The minimum absolute atomic E-state index is 0.0902. The van der Waals surface area contributed by atoms with Crippen molar-refractivity contribution in [3.8, 4) is 5.75 Å². The molecule has 0 saturated heterocycles. The molecule has 0 aliphatic rings. The molecule has 3 rings (SSSR count). The molecule has 6 nitrogen and oxygen atoms in total. The third-order valence-electron chi connectivity index (χ3n) is 4.69. The Morgan fingerprint density at radius 3 is 2.32 bits per heavy atom. The van der Waals surface area contributed by atoms with Crippen molar-refractivity contribution in [2.45, 2.75) is 31.2 Å². The molecule has 0 unspecified atom stereocenters. The Labute approximate surface area is 187 Å². The van der Waals surface area contributed by atoms with Gasteiger partial charge in [0.25, 0.3) is 0 Å². The standard InChI is InChI=1S/C23H24ClNO5S/c1-3-29-21-13-14-22(17-10-6-5-9-16(17)21)31(27,28)25-20(15-23(26)30-4-2)18-11-7-8-12-19(18)24/h5-14,20,25H,3-4,15H2,1-2H3/t20-/m1/s1. The number of sulfonamides is 1. The van der Waals surface area contributed by atoms with E-state index >= 15 is 0 Å². The number of nitrogens with one attached hydrogen (secondary N) is 1. The van der Waals surface area contributed by atoms with Gasteiger partial charge in [-0.25, -0.2) is 13.1 Å². The van der Waals surface area contributed by atoms with Crippen LogP contribution in [0.4, 0.5) is 0 Å². The second kappa shape index (κ2) is 10.1. The molecule has 0 aliphatic carbocycles. The molecule has 0 aromatic heterocycles. The topological polar surface area (TPSA) is 81.7 Å². The van der Waals surface area contributed by atoms with Crippen LogP contribution in [0.2, 0.25) is 5.02 Å². The summed E-state index contributed by atoms with van der Waals surface area (Å²) in [6, 6.07) is 16.2. The van der Waals surface area contributed by atoms with Gasteiger partial charge in [-0.3, -0.25) is 4.79 Å². The lowest BCUT2D eigenvalue weighted by atomic mass is 10.1. The molecule has 0 heterocycles. The smallest absolute Gasteiger partial charge is 0.307 e. The number of fused-ring (bicyclic) bond motifs is 1. The van der Waals surface area contributed by atoms with E-state index in [0.717, 1.165) is 0 Å². The third-order valence-corrected chi connectivity index (χ3v) is 6.56. The molecule has 164 valence electrons. The lowest BCUT2D eigenvalue weighted by Gasteiger charge is -2.20. The van der Waals surface area contributed by atoms with Gasteiger partial charge in [-0.05, 0) is 37.6 Å². The zero-order valence-corrected chi connectivity index (χ0v) is 18.9. The Balaban J connectivity index is 2.04. The van der Waals surface area contributed by atoms with Crippen LogP contribution in [0.5, 0.6) is 5.75 Å². The SMILES string of the molecule is CCOC(=O)C[C@@H](NS(=O)(=O)c1ccc(OCC)c2ccccc12)c1ccccc1Cl. The largest absolute Gasteiger partial charge is 0.493 e. The van der Waals surface area contributed by atoms with Gasteiger partial charge in [0, 0.05) is 15.8 Å². The van der Waals surface area contributed by atoms with Crippen molar-refractivity contribution < 1.29 is 22.7 Å². The van der Waals surface area contributed by atoms with Crippen LogP contribution >= 0.6 is 11.6 Å². The van der Waals surface area contributed by atoms with Crippen molar-refractivity contribution in [3.05, 3.63) is 71.2 Å². The number of ether oxygens (including phenoxy) is 2. The van der Waals surface area contributed by atoms with E-state index in [4.69, 9.17) is 21.1 Å². The summed E-state index contributed by atoms with van der Waals surface area (Å²) < 4.78 is 40.1. The van der Waals surface area contributed by atoms with E-state index in [2.05, 4.69) is 4.72 Å². The minimum atomic E-state index is -4.02. The zero-order chi connectivity index (χ0) is 22.4. The van der Waals surface area contributed by atoms with Gasteiger partial charge in [0.2, 0.25) is 10.0 Å². The first-order chi connectivity index (χ1) is 14.9. The maximum Gasteiger partial charge on any atom is 0.307 e. The Kier molecular flexibility index (Phi) is 7.54. The zero-order valence-electron chi connectivity index (χ0n) is 17.3. The predicted molar refractivity (Wildman–Crippen MR) is 121 cm³/mol. The maximum atomic E-state index is 13.4. The number of carbonyl (C=O) groups excluding carboxylic acids is 1. The van der Waals surface area contributed by atoms with Crippen molar-refractivity contribution >= 4 is 38.4 Å². The fourth-order valence-electron chi connectivity index (χ4n) is 3.37. The molecule has 0 spiro atoms. The predicted octanol–water partition coefficient (Wildman–Crippen LogP) is 4.86. The first-order valence-electron chi connectivity index (χ1n) is 9.94. The van der Waals surface area contributed by atoms with Crippen molar-refractivity contribution in [3.63, 3.8) is 0 Å². The number of rotatable bonds is 9. The number of carbonyl (C=O) groups is 1. The van der Waals surface area contributed by atoms with Gasteiger partial charge in [0.05, 0.1) is 30.6 Å². The summed E-state index contributed by atoms with van der Waals surface area (Å²) >= 11 is 6.30. The first-order valence-corrected chi connectivity index (χ1v) is 11.8. The molecule has 3 aromatic rings. The number of benzene rings is 3. The molecule has 0 bridgehead atoms. The molecule has 3 aromatic carbocycles. The molecule has 0 saturated carbocycles. The highest BCUT2D eigenvalue weighted by molar-refractivity contribution is 7.89. The van der Waals surface area contributed by atoms with Crippen LogP contribution in [-0.2, 0) is 19.6 Å². The third kappa shape index (κ3) is 5.36. The monoisotopic (exact) mass is 461 g/mol. The lowest BCUT2D eigenvalue weighted by molar-refractivity contribution is -0.143. The lowest BCUT2D eigenvalue weighted by Crippen LogP contribution is -2.31. The second-order valence-electron chi connectivity index (χ2n) is 6.74. The van der Waals surface area contributed by atoms with Gasteiger partial charge in [0.15, 0.2) is 0 Å². The Bertz CT molecular complexity index is 1180. The van der Waals surface area contributed by atoms with Gasteiger partial charge in [0.1, 0.15) is 5.75 Å². The van der Waals surface area contributed by atoms with Gasteiger partial charge in [-0.2, -0.15) is 0 Å². The molecular formula is C23H24ClNO5S. The van der Waals surface area contributed by atoms with Crippen molar-refractivity contribution in [2.75, 3.05) is 13.2 Å². The van der Waals surface area contributed by atoms with Gasteiger partial charge in [-0.15, -0.1) is 0 Å². The molecular weight excluding hydrogens is 438 g/mol. The summed E-state index contributed by atoms with van der Waals surface area (Å²) in [6.07, 6.45) is -0.189. The fraction of sp³-hybridized carbons (Fsp3) is 0.261. The van der Waals surface area contributed by atoms with Crippen LogP contribution in [0, 0.1) is 0 Å². The normalized spacial score (nSPS) is 12.5. The van der Waals surface area contributed by atoms with E-state index in [0.29, 0.717) is 33.7 Å². The number of esters is 1. The van der Waals surface area contributed by atoms with Gasteiger partial charge >= 0.3 is 5.97 Å². The van der Waals surface area contributed by atoms with E-state index in [1.165, 1.54) is 6.07 Å². The average Bonchev–Trinajstić information content (AvgIpc) is 2.74. The molecule has 1 atom stereocenters. The van der Waals surface area contributed by atoms with Crippen LogP contribution in [0.1, 0.15) is 31.9 Å². The quantitative estimate of drug-likeness (QED) is 0.460. The molecule has 8 heteroatoms. The molecule has 0 fully saturated rings. The van der Waals surface area contributed by atoms with Crippen molar-refractivity contribution in [1.82, 2.24) is 4.72 Å². The number of halogens is 1. The van der Waals surface area contributed by atoms with Crippen LogP contribution in [0.15, 0.2) is 65.6 Å². The summed E-state index contributed by atoms with van der Waals surface area (Å²) in [5.74, 6) is 0.0814. The van der Waals surface area contributed by atoms with E-state index in [1.807, 2.05) is 19.1 Å². The van der Waals surface area contributed by atoms with Crippen LogP contribution in [0.25, 0.3) is 10.8 Å². The maximum absolute atomic E-state index is 13.4. The minimum Gasteiger partial charge on any atom is -0.493 e.